The number of hydrogen-bond acceptors (Lipinski definition) is 3. The van der Waals surface area contributed by atoms with Gasteiger partial charge in [-0.1, -0.05) is 20.3 Å². The molecule has 1 aliphatic carbocycles. The Bertz CT molecular complexity index is 580. The van der Waals surface area contributed by atoms with Crippen LogP contribution in [0, 0.1) is 5.92 Å². The lowest BCUT2D eigenvalue weighted by Crippen LogP contribution is -2.33. The molecule has 4 nitrogen and oxygen atoms in total. The first-order valence-corrected chi connectivity index (χ1v) is 9.50. The molecule has 0 saturated heterocycles. The molecule has 0 unspecified atom stereocenters. The highest BCUT2D eigenvalue weighted by Gasteiger charge is 2.29. The lowest BCUT2D eigenvalue weighted by atomic mass is 9.88. The van der Waals surface area contributed by atoms with Gasteiger partial charge >= 0.3 is 0 Å². The lowest BCUT2D eigenvalue weighted by molar-refractivity contribution is -0.114. The van der Waals surface area contributed by atoms with Crippen molar-refractivity contribution in [2.24, 2.45) is 5.92 Å². The van der Waals surface area contributed by atoms with E-state index in [9.17, 15) is 9.59 Å². The Morgan fingerprint density at radius 1 is 1.35 bits per heavy atom. The number of carbonyl (C=O) groups excluding carboxylic acids is 2. The van der Waals surface area contributed by atoms with E-state index >= 15 is 0 Å². The number of carbonyl (C=O) groups is 2. The van der Waals surface area contributed by atoms with Gasteiger partial charge in [-0.2, -0.15) is 0 Å². The molecular weight excluding hydrogens is 308 g/mol. The van der Waals surface area contributed by atoms with E-state index in [-0.39, 0.29) is 11.8 Å². The maximum Gasteiger partial charge on any atom is 0.257 e. The Kier molecular flexibility index (Phi) is 6.22. The summed E-state index contributed by atoms with van der Waals surface area (Å²) in [6.07, 6.45) is 5.16. The van der Waals surface area contributed by atoms with E-state index in [1.54, 1.807) is 11.3 Å². The molecule has 23 heavy (non-hydrogen) atoms. The van der Waals surface area contributed by atoms with Crippen molar-refractivity contribution >= 4 is 28.2 Å². The second kappa shape index (κ2) is 7.95. The van der Waals surface area contributed by atoms with Gasteiger partial charge in [0.05, 0.1) is 5.56 Å². The molecule has 0 saturated carbocycles. The number of nitrogens with one attached hydrogen (secondary N) is 1. The minimum atomic E-state index is -0.109. The third-order valence-electron chi connectivity index (χ3n) is 4.47. The van der Waals surface area contributed by atoms with Crippen molar-refractivity contribution in [3.63, 3.8) is 0 Å². The van der Waals surface area contributed by atoms with Crippen molar-refractivity contribution in [3.05, 3.63) is 16.0 Å². The molecular formula is C18H28N2O2S. The van der Waals surface area contributed by atoms with Gasteiger partial charge in [-0.3, -0.25) is 9.59 Å². The Morgan fingerprint density at radius 3 is 2.70 bits per heavy atom. The largest absolute Gasteiger partial charge is 0.339 e. The van der Waals surface area contributed by atoms with Gasteiger partial charge < -0.3 is 10.2 Å². The van der Waals surface area contributed by atoms with Gasteiger partial charge in [0, 0.05) is 24.9 Å². The standard InChI is InChI=1S/C18H28N2O2S/c1-5-7-10-20(6-2)18(22)16-14-9-8-12(3)11-15(14)23-17(16)19-13(4)21/h12H,5-11H2,1-4H3,(H,19,21)/t12-/m0/s1. The predicted octanol–water partition coefficient (Wildman–Crippen LogP) is 4.09. The fourth-order valence-electron chi connectivity index (χ4n) is 3.14. The van der Waals surface area contributed by atoms with E-state index in [2.05, 4.69) is 19.2 Å². The molecule has 1 heterocycles. The first kappa shape index (κ1) is 18.0. The van der Waals surface area contributed by atoms with Crippen molar-refractivity contribution in [1.82, 2.24) is 4.90 Å². The highest BCUT2D eigenvalue weighted by atomic mass is 32.1. The van der Waals surface area contributed by atoms with Crippen LogP contribution >= 0.6 is 11.3 Å². The average molecular weight is 337 g/mol. The van der Waals surface area contributed by atoms with Crippen molar-refractivity contribution in [1.29, 1.82) is 0 Å². The van der Waals surface area contributed by atoms with E-state index in [1.807, 2.05) is 11.8 Å². The van der Waals surface area contributed by atoms with Gasteiger partial charge in [0.1, 0.15) is 5.00 Å². The third-order valence-corrected chi connectivity index (χ3v) is 5.64. The molecule has 0 radical (unpaired) electrons. The van der Waals surface area contributed by atoms with Crippen molar-refractivity contribution < 1.29 is 9.59 Å². The van der Waals surface area contributed by atoms with E-state index in [4.69, 9.17) is 0 Å². The molecule has 0 aromatic carbocycles. The Labute approximate surface area is 143 Å². The number of nitrogens with zero attached hydrogens (tertiary/aromatic N) is 1. The van der Waals surface area contributed by atoms with Crippen molar-refractivity contribution in [2.75, 3.05) is 18.4 Å². The summed E-state index contributed by atoms with van der Waals surface area (Å²) in [6.45, 7) is 9.40. The summed E-state index contributed by atoms with van der Waals surface area (Å²) >= 11 is 1.59. The smallest absolute Gasteiger partial charge is 0.257 e. The Balaban J connectivity index is 2.37. The third kappa shape index (κ3) is 4.14. The first-order valence-electron chi connectivity index (χ1n) is 8.69. The highest BCUT2D eigenvalue weighted by molar-refractivity contribution is 7.17. The summed E-state index contributed by atoms with van der Waals surface area (Å²) in [5, 5.41) is 3.64. The molecule has 1 atom stereocenters. The summed E-state index contributed by atoms with van der Waals surface area (Å²) in [4.78, 5) is 27.8. The van der Waals surface area contributed by atoms with E-state index in [1.165, 1.54) is 17.4 Å². The zero-order valence-corrected chi connectivity index (χ0v) is 15.5. The molecule has 1 aromatic rings. The fourth-order valence-corrected chi connectivity index (χ4v) is 4.58. The average Bonchev–Trinajstić information content (AvgIpc) is 2.83. The first-order chi connectivity index (χ1) is 11.0. The maximum absolute atomic E-state index is 13.1. The van der Waals surface area contributed by atoms with Crippen LogP contribution in [0.4, 0.5) is 5.00 Å². The molecule has 1 aromatic heterocycles. The molecule has 0 bridgehead atoms. The van der Waals surface area contributed by atoms with Crippen LogP contribution in [-0.4, -0.2) is 29.8 Å². The Hall–Kier alpha value is -1.36. The molecule has 5 heteroatoms. The quantitative estimate of drug-likeness (QED) is 0.850. The molecule has 1 N–H and O–H groups in total. The molecule has 0 spiro atoms. The van der Waals surface area contributed by atoms with Crippen molar-refractivity contribution in [2.45, 2.75) is 59.8 Å². The summed E-state index contributed by atoms with van der Waals surface area (Å²) in [6, 6.07) is 0. The zero-order valence-electron chi connectivity index (χ0n) is 14.7. The van der Waals surface area contributed by atoms with Gasteiger partial charge in [-0.25, -0.2) is 0 Å². The zero-order chi connectivity index (χ0) is 17.0. The van der Waals surface area contributed by atoms with Crippen molar-refractivity contribution in [3.8, 4) is 0 Å². The summed E-state index contributed by atoms with van der Waals surface area (Å²) < 4.78 is 0. The SMILES string of the molecule is CCCCN(CC)C(=O)c1c(NC(C)=O)sc2c1CC[C@H](C)C2. The van der Waals surface area contributed by atoms with Crippen LogP contribution in [0.2, 0.25) is 0 Å². The minimum absolute atomic E-state index is 0.0803. The summed E-state index contributed by atoms with van der Waals surface area (Å²) in [5.41, 5.74) is 1.93. The Morgan fingerprint density at radius 2 is 2.09 bits per heavy atom. The second-order valence-electron chi connectivity index (χ2n) is 6.48. The number of amides is 2. The molecule has 0 aliphatic heterocycles. The number of unbranched alkanes of at least 4 members (excludes halogenated alkanes) is 1. The van der Waals surface area contributed by atoms with Gasteiger partial charge in [0.25, 0.3) is 5.91 Å². The van der Waals surface area contributed by atoms with Crippen LogP contribution < -0.4 is 5.32 Å². The van der Waals surface area contributed by atoms with Gasteiger partial charge in [-0.15, -0.1) is 11.3 Å². The molecule has 1 aliphatic rings. The second-order valence-corrected chi connectivity index (χ2v) is 7.58. The van der Waals surface area contributed by atoms with E-state index in [0.29, 0.717) is 12.5 Å². The monoisotopic (exact) mass is 336 g/mol. The number of fused-ring (bicyclic) bond motifs is 1. The number of thiophene rings is 1. The number of rotatable bonds is 6. The summed E-state index contributed by atoms with van der Waals surface area (Å²) in [5.74, 6) is 0.621. The number of anilines is 1. The van der Waals surface area contributed by atoms with Crippen LogP contribution in [0.25, 0.3) is 0 Å². The minimum Gasteiger partial charge on any atom is -0.339 e. The molecule has 128 valence electrons. The predicted molar refractivity (Wildman–Crippen MR) is 96.3 cm³/mol. The number of hydrogen-bond donors (Lipinski definition) is 1. The van der Waals surface area contributed by atoms with Crippen LogP contribution in [0.15, 0.2) is 0 Å². The van der Waals surface area contributed by atoms with Crippen LogP contribution in [-0.2, 0) is 17.6 Å². The fraction of sp³-hybridized carbons (Fsp3) is 0.667. The molecule has 0 fully saturated rings. The van der Waals surface area contributed by atoms with Crippen LogP contribution in [0.3, 0.4) is 0 Å². The molecule has 2 amide bonds. The molecule has 2 rings (SSSR count). The van der Waals surface area contributed by atoms with E-state index < -0.39 is 0 Å². The van der Waals surface area contributed by atoms with E-state index in [0.717, 1.165) is 49.2 Å². The van der Waals surface area contributed by atoms with Crippen LogP contribution in [0.5, 0.6) is 0 Å². The summed E-state index contributed by atoms with van der Waals surface area (Å²) in [7, 11) is 0. The van der Waals surface area contributed by atoms with Gasteiger partial charge in [0.15, 0.2) is 0 Å². The maximum atomic E-state index is 13.1. The highest BCUT2D eigenvalue weighted by Crippen LogP contribution is 2.40. The van der Waals surface area contributed by atoms with Gasteiger partial charge in [0.2, 0.25) is 5.91 Å². The topological polar surface area (TPSA) is 49.4 Å². The normalized spacial score (nSPS) is 16.8. The van der Waals surface area contributed by atoms with Crippen LogP contribution in [0.1, 0.15) is 67.8 Å². The van der Waals surface area contributed by atoms with Gasteiger partial charge in [-0.05, 0) is 44.1 Å². The lowest BCUT2D eigenvalue weighted by Gasteiger charge is -2.23.